The zero-order valence-electron chi connectivity index (χ0n) is 16.5. The van der Waals surface area contributed by atoms with E-state index in [4.69, 9.17) is 0 Å². The second-order valence-corrected chi connectivity index (χ2v) is 8.21. The van der Waals surface area contributed by atoms with Crippen LogP contribution in [0.25, 0.3) is 5.52 Å². The highest BCUT2D eigenvalue weighted by molar-refractivity contribution is 5.99. The molecule has 2 aromatic rings. The fourth-order valence-corrected chi connectivity index (χ4v) is 3.70. The average Bonchev–Trinajstić information content (AvgIpc) is 2.98. The number of fused-ring (bicyclic) bond motifs is 1. The largest absolute Gasteiger partial charge is 0.349 e. The summed E-state index contributed by atoms with van der Waals surface area (Å²) in [5.41, 5.74) is 1.43. The summed E-state index contributed by atoms with van der Waals surface area (Å²) in [6.07, 6.45) is 5.36. The van der Waals surface area contributed by atoms with Crippen LogP contribution in [-0.2, 0) is 6.42 Å². The summed E-state index contributed by atoms with van der Waals surface area (Å²) in [5, 5.41) is 3.11. The Morgan fingerprint density at radius 3 is 2.69 bits per heavy atom. The molecule has 2 aromatic heterocycles. The normalized spacial score (nSPS) is 17.7. The lowest BCUT2D eigenvalue weighted by atomic mass is 9.98. The maximum Gasteiger partial charge on any atom is 0.272 e. The fourth-order valence-electron chi connectivity index (χ4n) is 3.70. The summed E-state index contributed by atoms with van der Waals surface area (Å²) in [7, 11) is 0. The van der Waals surface area contributed by atoms with Gasteiger partial charge in [-0.25, -0.2) is 4.98 Å². The molecule has 1 saturated heterocycles. The van der Waals surface area contributed by atoms with E-state index in [2.05, 4.69) is 42.9 Å². The van der Waals surface area contributed by atoms with Crippen molar-refractivity contribution in [2.45, 2.75) is 53.0 Å². The van der Waals surface area contributed by atoms with Crippen molar-refractivity contribution in [3.05, 3.63) is 35.9 Å². The Morgan fingerprint density at radius 2 is 2.00 bits per heavy atom. The molecule has 26 heavy (non-hydrogen) atoms. The summed E-state index contributed by atoms with van der Waals surface area (Å²) in [6, 6.07) is 6.28. The number of imidazole rings is 1. The van der Waals surface area contributed by atoms with Gasteiger partial charge in [-0.3, -0.25) is 9.69 Å². The number of carbonyl (C=O) groups excluding carboxylic acids is 1. The van der Waals surface area contributed by atoms with Gasteiger partial charge in [0.25, 0.3) is 5.91 Å². The predicted octanol–water partition coefficient (Wildman–Crippen LogP) is 3.38. The molecule has 5 nitrogen and oxygen atoms in total. The van der Waals surface area contributed by atoms with Gasteiger partial charge in [0.1, 0.15) is 5.82 Å². The van der Waals surface area contributed by atoms with Crippen LogP contribution >= 0.6 is 0 Å². The van der Waals surface area contributed by atoms with E-state index in [1.807, 2.05) is 28.8 Å². The Labute approximate surface area is 156 Å². The molecule has 1 amide bonds. The molecule has 1 aliphatic heterocycles. The van der Waals surface area contributed by atoms with Crippen molar-refractivity contribution in [1.29, 1.82) is 0 Å². The van der Waals surface area contributed by atoms with Gasteiger partial charge >= 0.3 is 0 Å². The third-order valence-corrected chi connectivity index (χ3v) is 5.43. The van der Waals surface area contributed by atoms with Crippen molar-refractivity contribution in [3.63, 3.8) is 0 Å². The fraction of sp³-hybridized carbons (Fsp3) is 0.619. The van der Waals surface area contributed by atoms with Crippen LogP contribution in [-0.4, -0.2) is 45.9 Å². The van der Waals surface area contributed by atoms with Crippen molar-refractivity contribution >= 4 is 11.4 Å². The lowest BCUT2D eigenvalue weighted by Crippen LogP contribution is -2.45. The Hall–Kier alpha value is -1.88. The first-order valence-electron chi connectivity index (χ1n) is 9.94. The molecular weight excluding hydrogens is 324 g/mol. The molecule has 1 atom stereocenters. The highest BCUT2D eigenvalue weighted by atomic mass is 16.1. The molecule has 3 rings (SSSR count). The first-order chi connectivity index (χ1) is 12.5. The summed E-state index contributed by atoms with van der Waals surface area (Å²) >= 11 is 0. The van der Waals surface area contributed by atoms with Crippen molar-refractivity contribution in [3.8, 4) is 0 Å². The molecule has 0 aliphatic carbocycles. The Kier molecular flexibility index (Phi) is 5.97. The molecule has 0 bridgehead atoms. The van der Waals surface area contributed by atoms with E-state index in [0.29, 0.717) is 24.2 Å². The van der Waals surface area contributed by atoms with Gasteiger partial charge in [0.15, 0.2) is 5.69 Å². The quantitative estimate of drug-likeness (QED) is 0.863. The van der Waals surface area contributed by atoms with E-state index < -0.39 is 0 Å². The van der Waals surface area contributed by atoms with Gasteiger partial charge < -0.3 is 9.72 Å². The molecule has 1 fully saturated rings. The Balaban J connectivity index is 1.68. The SMILES string of the molecule is CC(C)Cc1nc(C(=O)NCC(C)N2CCC(C)CC2)c2ccccn12. The molecule has 0 aromatic carbocycles. The van der Waals surface area contributed by atoms with Crippen molar-refractivity contribution in [1.82, 2.24) is 19.6 Å². The second-order valence-electron chi connectivity index (χ2n) is 8.21. The third-order valence-electron chi connectivity index (χ3n) is 5.43. The lowest BCUT2D eigenvalue weighted by Gasteiger charge is -2.34. The van der Waals surface area contributed by atoms with Gasteiger partial charge in [0.2, 0.25) is 0 Å². The smallest absolute Gasteiger partial charge is 0.272 e. The number of hydrogen-bond donors (Lipinski definition) is 1. The van der Waals surface area contributed by atoms with Gasteiger partial charge in [0.05, 0.1) is 5.52 Å². The minimum absolute atomic E-state index is 0.0686. The van der Waals surface area contributed by atoms with Crippen LogP contribution in [0.5, 0.6) is 0 Å². The van der Waals surface area contributed by atoms with Crippen molar-refractivity contribution < 1.29 is 4.79 Å². The number of likely N-dealkylation sites (tertiary alicyclic amines) is 1. The maximum absolute atomic E-state index is 12.8. The van der Waals surface area contributed by atoms with E-state index in [1.165, 1.54) is 12.8 Å². The van der Waals surface area contributed by atoms with Crippen LogP contribution < -0.4 is 5.32 Å². The number of aromatic nitrogens is 2. The van der Waals surface area contributed by atoms with E-state index in [0.717, 1.165) is 36.8 Å². The van der Waals surface area contributed by atoms with Crippen LogP contribution in [0.1, 0.15) is 56.8 Å². The van der Waals surface area contributed by atoms with Crippen LogP contribution in [0, 0.1) is 11.8 Å². The summed E-state index contributed by atoms with van der Waals surface area (Å²) in [6.45, 7) is 11.8. The molecule has 0 saturated carbocycles. The highest BCUT2D eigenvalue weighted by Crippen LogP contribution is 2.18. The van der Waals surface area contributed by atoms with Gasteiger partial charge in [-0.15, -0.1) is 0 Å². The number of hydrogen-bond acceptors (Lipinski definition) is 3. The van der Waals surface area contributed by atoms with Crippen LogP contribution in [0.4, 0.5) is 0 Å². The van der Waals surface area contributed by atoms with E-state index in [-0.39, 0.29) is 5.91 Å². The standard InChI is InChI=1S/C21H32N4O/c1-15(2)13-19-23-20(18-7-5-6-10-25(18)19)21(26)22-14-17(4)24-11-8-16(3)9-12-24/h5-7,10,15-17H,8-9,11-14H2,1-4H3,(H,22,26). The highest BCUT2D eigenvalue weighted by Gasteiger charge is 2.22. The van der Waals surface area contributed by atoms with Gasteiger partial charge in [-0.05, 0) is 56.8 Å². The number of nitrogens with zero attached hydrogens (tertiary/aromatic N) is 3. The zero-order valence-corrected chi connectivity index (χ0v) is 16.5. The summed E-state index contributed by atoms with van der Waals surface area (Å²) in [4.78, 5) is 19.9. The third kappa shape index (κ3) is 4.26. The van der Waals surface area contributed by atoms with Crippen LogP contribution in [0.3, 0.4) is 0 Å². The summed E-state index contributed by atoms with van der Waals surface area (Å²) < 4.78 is 2.05. The molecule has 1 aliphatic rings. The number of amides is 1. The molecule has 142 valence electrons. The number of nitrogens with one attached hydrogen (secondary N) is 1. The minimum Gasteiger partial charge on any atom is -0.349 e. The summed E-state index contributed by atoms with van der Waals surface area (Å²) in [5.74, 6) is 2.21. The topological polar surface area (TPSA) is 49.6 Å². The van der Waals surface area contributed by atoms with Gasteiger partial charge in [0, 0.05) is 25.2 Å². The average molecular weight is 357 g/mol. The maximum atomic E-state index is 12.8. The molecule has 0 spiro atoms. The molecule has 0 radical (unpaired) electrons. The zero-order chi connectivity index (χ0) is 18.7. The molecule has 3 heterocycles. The first kappa shape index (κ1) is 18.9. The Morgan fingerprint density at radius 1 is 1.27 bits per heavy atom. The predicted molar refractivity (Wildman–Crippen MR) is 106 cm³/mol. The number of carbonyl (C=O) groups is 1. The number of pyridine rings is 1. The van der Waals surface area contributed by atoms with Crippen LogP contribution in [0.2, 0.25) is 0 Å². The van der Waals surface area contributed by atoms with Gasteiger partial charge in [-0.1, -0.05) is 26.8 Å². The minimum atomic E-state index is -0.0686. The van der Waals surface area contributed by atoms with Crippen LogP contribution in [0.15, 0.2) is 24.4 Å². The molecule has 1 unspecified atom stereocenters. The number of rotatable bonds is 6. The van der Waals surface area contributed by atoms with Gasteiger partial charge in [-0.2, -0.15) is 0 Å². The van der Waals surface area contributed by atoms with E-state index in [1.54, 1.807) is 0 Å². The van der Waals surface area contributed by atoms with Crippen molar-refractivity contribution in [2.75, 3.05) is 19.6 Å². The molecular formula is C21H32N4O. The number of piperidine rings is 1. The first-order valence-corrected chi connectivity index (χ1v) is 9.94. The van der Waals surface area contributed by atoms with Crippen molar-refractivity contribution in [2.24, 2.45) is 11.8 Å². The monoisotopic (exact) mass is 356 g/mol. The van der Waals surface area contributed by atoms with E-state index >= 15 is 0 Å². The second kappa shape index (κ2) is 8.21. The molecule has 1 N–H and O–H groups in total. The lowest BCUT2D eigenvalue weighted by molar-refractivity contribution is 0.0919. The molecule has 5 heteroatoms. The Bertz CT molecular complexity index is 744. The van der Waals surface area contributed by atoms with E-state index in [9.17, 15) is 4.79 Å².